The van der Waals surface area contributed by atoms with Crippen LogP contribution >= 0.6 is 0 Å². The maximum absolute atomic E-state index is 14.5. The first-order valence-electron chi connectivity index (χ1n) is 11.3. The van der Waals surface area contributed by atoms with Gasteiger partial charge in [-0.15, -0.1) is 0 Å². The Kier molecular flexibility index (Phi) is 5.98. The summed E-state index contributed by atoms with van der Waals surface area (Å²) in [7, 11) is -3.95. The van der Waals surface area contributed by atoms with Gasteiger partial charge in [-0.2, -0.15) is 17.8 Å². The van der Waals surface area contributed by atoms with Gasteiger partial charge in [-0.1, -0.05) is 6.42 Å². The summed E-state index contributed by atoms with van der Waals surface area (Å²) in [6.07, 6.45) is 6.94. The number of piperidine rings is 1. The number of pyridine rings is 1. The lowest BCUT2D eigenvalue weighted by molar-refractivity contribution is 0.0980. The fourth-order valence-electron chi connectivity index (χ4n) is 4.83. The van der Waals surface area contributed by atoms with Crippen LogP contribution in [0.3, 0.4) is 0 Å². The topological polar surface area (TPSA) is 87.0 Å². The molecule has 2 aromatic heterocycles. The molecule has 0 radical (unpaired) electrons. The Hall–Kier alpha value is -3.05. The van der Waals surface area contributed by atoms with E-state index in [1.165, 1.54) is 21.1 Å². The van der Waals surface area contributed by atoms with Gasteiger partial charge in [0.25, 0.3) is 5.91 Å². The van der Waals surface area contributed by atoms with Gasteiger partial charge in [0.15, 0.2) is 0 Å². The van der Waals surface area contributed by atoms with Crippen LogP contribution in [0.15, 0.2) is 42.7 Å². The highest BCUT2D eigenvalue weighted by Crippen LogP contribution is 2.38. The maximum atomic E-state index is 14.5. The van der Waals surface area contributed by atoms with Crippen LogP contribution in [-0.4, -0.2) is 47.9 Å². The minimum atomic E-state index is -3.95. The minimum Gasteiger partial charge on any atom is -0.364 e. The van der Waals surface area contributed by atoms with Crippen molar-refractivity contribution in [1.29, 1.82) is 0 Å². The third kappa shape index (κ3) is 4.25. The van der Waals surface area contributed by atoms with Crippen LogP contribution in [-0.2, 0) is 10.2 Å². The Labute approximate surface area is 196 Å². The number of nitrogens with one attached hydrogen (secondary N) is 1. The molecule has 1 atom stereocenters. The number of rotatable bonds is 5. The molecule has 4 heterocycles. The van der Waals surface area contributed by atoms with Crippen molar-refractivity contribution in [3.05, 3.63) is 65.5 Å². The predicted octanol–water partition coefficient (Wildman–Crippen LogP) is 3.41. The van der Waals surface area contributed by atoms with E-state index in [2.05, 4.69) is 9.82 Å². The van der Waals surface area contributed by atoms with E-state index >= 15 is 0 Å². The Balaban J connectivity index is 1.44. The van der Waals surface area contributed by atoms with E-state index in [1.54, 1.807) is 18.3 Å². The van der Waals surface area contributed by atoms with Crippen LogP contribution in [0.1, 0.15) is 54.1 Å². The lowest BCUT2D eigenvalue weighted by atomic mass is 10.0. The first-order valence-corrected chi connectivity index (χ1v) is 12.8. The molecule has 3 aromatic rings. The number of anilines is 1. The molecule has 180 valence electrons. The molecule has 8 nitrogen and oxygen atoms in total. The lowest BCUT2D eigenvalue weighted by Gasteiger charge is -2.27. The average Bonchev–Trinajstić information content (AvgIpc) is 3.48. The Bertz CT molecular complexity index is 1340. The normalized spacial score (nSPS) is 19.6. The third-order valence-corrected chi connectivity index (χ3v) is 8.02. The van der Waals surface area contributed by atoms with E-state index in [4.69, 9.17) is 0 Å². The molecule has 1 N–H and O–H groups in total. The Morgan fingerprint density at radius 1 is 1.03 bits per heavy atom. The van der Waals surface area contributed by atoms with Crippen molar-refractivity contribution in [3.63, 3.8) is 0 Å². The number of fused-ring (bicyclic) bond motifs is 1. The molecular weight excluding hydrogens is 464 g/mol. The first-order chi connectivity index (χ1) is 16.3. The van der Waals surface area contributed by atoms with Gasteiger partial charge in [-0.05, 0) is 56.0 Å². The highest BCUT2D eigenvalue weighted by Gasteiger charge is 2.30. The smallest absolute Gasteiger partial charge is 0.304 e. The molecule has 5 rings (SSSR count). The zero-order valence-corrected chi connectivity index (χ0v) is 19.3. The highest BCUT2D eigenvalue weighted by atomic mass is 32.2. The summed E-state index contributed by atoms with van der Waals surface area (Å²) in [6, 6.07) is 6.62. The molecule has 2 aliphatic rings. The van der Waals surface area contributed by atoms with Crippen molar-refractivity contribution < 1.29 is 22.0 Å². The van der Waals surface area contributed by atoms with Crippen molar-refractivity contribution in [1.82, 2.24) is 18.6 Å². The summed E-state index contributed by atoms with van der Waals surface area (Å²) in [4.78, 5) is 14.9. The average molecular weight is 490 g/mol. The largest absolute Gasteiger partial charge is 0.364 e. The molecule has 0 unspecified atom stereocenters. The summed E-state index contributed by atoms with van der Waals surface area (Å²) < 4.78 is 58.5. The number of hydrogen-bond acceptors (Lipinski definition) is 5. The molecule has 0 bridgehead atoms. The molecule has 1 amide bonds. The van der Waals surface area contributed by atoms with Gasteiger partial charge in [0.2, 0.25) is 0 Å². The Morgan fingerprint density at radius 3 is 2.62 bits per heavy atom. The number of amides is 1. The first kappa shape index (κ1) is 22.7. The van der Waals surface area contributed by atoms with Crippen LogP contribution in [0, 0.1) is 11.6 Å². The highest BCUT2D eigenvalue weighted by molar-refractivity contribution is 7.87. The molecule has 0 spiro atoms. The van der Waals surface area contributed by atoms with Crippen molar-refractivity contribution in [3.8, 4) is 0 Å². The molecule has 0 aliphatic carbocycles. The second-order valence-electron chi connectivity index (χ2n) is 8.69. The van der Waals surface area contributed by atoms with E-state index in [-0.39, 0.29) is 17.2 Å². The van der Waals surface area contributed by atoms with Gasteiger partial charge >= 0.3 is 10.2 Å². The fourth-order valence-corrected chi connectivity index (χ4v) is 6.05. The fraction of sp³-hybridized carbons (Fsp3) is 0.391. The second-order valence-corrected chi connectivity index (χ2v) is 10.4. The second kappa shape index (κ2) is 8.95. The van der Waals surface area contributed by atoms with Gasteiger partial charge in [0.05, 0.1) is 23.3 Å². The predicted molar refractivity (Wildman–Crippen MR) is 123 cm³/mol. The maximum Gasteiger partial charge on any atom is 0.304 e. The number of carbonyl (C=O) groups is 1. The van der Waals surface area contributed by atoms with E-state index in [0.29, 0.717) is 37.3 Å². The van der Waals surface area contributed by atoms with Crippen molar-refractivity contribution in [2.75, 3.05) is 24.5 Å². The molecule has 0 saturated carbocycles. The van der Waals surface area contributed by atoms with Crippen molar-refractivity contribution in [2.24, 2.45) is 0 Å². The van der Waals surface area contributed by atoms with Crippen LogP contribution in [0.4, 0.5) is 14.5 Å². The minimum absolute atomic E-state index is 0.120. The summed E-state index contributed by atoms with van der Waals surface area (Å²) in [6.45, 7) is 1.40. The molecule has 34 heavy (non-hydrogen) atoms. The number of benzene rings is 1. The van der Waals surface area contributed by atoms with Gasteiger partial charge in [0.1, 0.15) is 11.6 Å². The van der Waals surface area contributed by atoms with Crippen molar-refractivity contribution >= 4 is 27.3 Å². The van der Waals surface area contributed by atoms with E-state index in [9.17, 15) is 22.0 Å². The van der Waals surface area contributed by atoms with Crippen LogP contribution in [0.2, 0.25) is 0 Å². The van der Waals surface area contributed by atoms with E-state index < -0.39 is 27.8 Å². The standard InChI is InChI=1S/C23H25F2N5O3S/c24-16-6-7-20(25)18(13-16)21-5-4-11-29(21)17-8-12-30-22(14-17)19(15-26-30)23(31)27-34(32,33)28-9-2-1-3-10-28/h6-8,12-15,21H,1-5,9-11H2,(H,27,31)/t21-/m1/s1. The van der Waals surface area contributed by atoms with Gasteiger partial charge < -0.3 is 4.90 Å². The number of halogens is 2. The van der Waals surface area contributed by atoms with Crippen LogP contribution in [0.5, 0.6) is 0 Å². The zero-order valence-electron chi connectivity index (χ0n) is 18.5. The molecular formula is C23H25F2N5O3S. The summed E-state index contributed by atoms with van der Waals surface area (Å²) in [5.74, 6) is -1.72. The Morgan fingerprint density at radius 2 is 1.82 bits per heavy atom. The van der Waals surface area contributed by atoms with E-state index in [1.807, 2.05) is 4.90 Å². The molecule has 11 heteroatoms. The zero-order chi connectivity index (χ0) is 23.9. The molecule has 2 fully saturated rings. The molecule has 2 saturated heterocycles. The van der Waals surface area contributed by atoms with Gasteiger partial charge in [-0.3, -0.25) is 4.79 Å². The number of hydrogen-bond donors (Lipinski definition) is 1. The summed E-state index contributed by atoms with van der Waals surface area (Å²) in [5, 5.41) is 4.17. The van der Waals surface area contributed by atoms with Crippen LogP contribution in [0.25, 0.3) is 5.52 Å². The van der Waals surface area contributed by atoms with Gasteiger partial charge in [-0.25, -0.2) is 18.0 Å². The summed E-state index contributed by atoms with van der Waals surface area (Å²) >= 11 is 0. The quantitative estimate of drug-likeness (QED) is 0.594. The SMILES string of the molecule is O=C(NS(=O)(=O)N1CCCCC1)c1cnn2ccc(N3CCC[C@@H]3c3cc(F)ccc3F)cc12. The third-order valence-electron chi connectivity index (χ3n) is 6.53. The number of nitrogens with zero attached hydrogens (tertiary/aromatic N) is 4. The number of carbonyl (C=O) groups excluding carboxylic acids is 1. The molecule has 1 aromatic carbocycles. The lowest BCUT2D eigenvalue weighted by Crippen LogP contribution is -2.45. The monoisotopic (exact) mass is 489 g/mol. The van der Waals surface area contributed by atoms with E-state index in [0.717, 1.165) is 37.8 Å². The van der Waals surface area contributed by atoms with Crippen molar-refractivity contribution in [2.45, 2.75) is 38.1 Å². The van der Waals surface area contributed by atoms with Gasteiger partial charge in [0, 0.05) is 37.1 Å². The molecule has 2 aliphatic heterocycles. The summed E-state index contributed by atoms with van der Waals surface area (Å²) in [5.41, 5.74) is 1.55. The van der Waals surface area contributed by atoms with Crippen LogP contribution < -0.4 is 9.62 Å². The number of aromatic nitrogens is 2.